The lowest BCUT2D eigenvalue weighted by Gasteiger charge is -2.34. The second-order valence-electron chi connectivity index (χ2n) is 5.52. The van der Waals surface area contributed by atoms with Gasteiger partial charge in [-0.1, -0.05) is 31.0 Å². The molecule has 108 valence electrons. The molecule has 20 heavy (non-hydrogen) atoms. The van der Waals surface area contributed by atoms with Crippen LogP contribution in [-0.4, -0.2) is 34.0 Å². The maximum Gasteiger partial charge on any atom is 0.329 e. The minimum atomic E-state index is -1.02. The highest BCUT2D eigenvalue weighted by Gasteiger charge is 2.49. The van der Waals surface area contributed by atoms with Crippen LogP contribution in [0.5, 0.6) is 0 Å². The van der Waals surface area contributed by atoms with Gasteiger partial charge in [-0.15, -0.1) is 0 Å². The first-order valence-corrected chi connectivity index (χ1v) is 7.13. The summed E-state index contributed by atoms with van der Waals surface area (Å²) in [4.78, 5) is 26.0. The van der Waals surface area contributed by atoms with Gasteiger partial charge in [0, 0.05) is 12.1 Å². The number of rotatable bonds is 4. The molecule has 1 heterocycles. The maximum atomic E-state index is 12.7. The second kappa shape index (κ2) is 5.65. The van der Waals surface area contributed by atoms with Gasteiger partial charge in [0.2, 0.25) is 0 Å². The van der Waals surface area contributed by atoms with Gasteiger partial charge in [-0.05, 0) is 38.3 Å². The van der Waals surface area contributed by atoms with Crippen LogP contribution in [-0.2, 0) is 4.79 Å². The van der Waals surface area contributed by atoms with E-state index in [4.69, 9.17) is 0 Å². The zero-order chi connectivity index (χ0) is 14.8. The first-order valence-electron chi connectivity index (χ1n) is 7.13. The summed E-state index contributed by atoms with van der Waals surface area (Å²) in [6, 6.07) is 7.34. The lowest BCUT2D eigenvalue weighted by molar-refractivity contribution is -0.148. The Kier molecular flexibility index (Phi) is 4.12. The van der Waals surface area contributed by atoms with E-state index >= 15 is 0 Å². The molecule has 0 radical (unpaired) electrons. The largest absolute Gasteiger partial charge is 0.479 e. The first-order chi connectivity index (χ1) is 9.51. The SMILES string of the molecule is CCCC1(C(=O)O)CCCN1C(=O)c1cccc(C)c1. The van der Waals surface area contributed by atoms with Crippen molar-refractivity contribution in [1.29, 1.82) is 0 Å². The van der Waals surface area contributed by atoms with Gasteiger partial charge < -0.3 is 10.0 Å². The molecule has 0 saturated carbocycles. The van der Waals surface area contributed by atoms with E-state index in [1.54, 1.807) is 11.0 Å². The summed E-state index contributed by atoms with van der Waals surface area (Å²) in [7, 11) is 0. The van der Waals surface area contributed by atoms with Crippen molar-refractivity contribution in [2.45, 2.75) is 45.1 Å². The number of aliphatic carboxylic acids is 1. The van der Waals surface area contributed by atoms with Gasteiger partial charge in [0.15, 0.2) is 0 Å². The number of amides is 1. The van der Waals surface area contributed by atoms with Gasteiger partial charge >= 0.3 is 5.97 Å². The number of likely N-dealkylation sites (tertiary alicyclic amines) is 1. The fourth-order valence-electron chi connectivity index (χ4n) is 3.11. The molecule has 1 aromatic carbocycles. The van der Waals surface area contributed by atoms with Crippen molar-refractivity contribution >= 4 is 11.9 Å². The van der Waals surface area contributed by atoms with Crippen LogP contribution in [0.4, 0.5) is 0 Å². The number of aryl methyl sites for hydroxylation is 1. The number of hydrogen-bond donors (Lipinski definition) is 1. The molecule has 4 heteroatoms. The van der Waals surface area contributed by atoms with Gasteiger partial charge in [0.25, 0.3) is 5.91 Å². The second-order valence-corrected chi connectivity index (χ2v) is 5.52. The van der Waals surface area contributed by atoms with Crippen molar-refractivity contribution in [2.24, 2.45) is 0 Å². The van der Waals surface area contributed by atoms with E-state index in [0.717, 1.165) is 18.4 Å². The number of carboxylic acid groups (broad SMARTS) is 1. The van der Waals surface area contributed by atoms with Crippen molar-refractivity contribution in [3.63, 3.8) is 0 Å². The van der Waals surface area contributed by atoms with Crippen LogP contribution in [0.2, 0.25) is 0 Å². The zero-order valence-electron chi connectivity index (χ0n) is 12.1. The standard InChI is InChI=1S/C16H21NO3/c1-3-8-16(15(19)20)9-5-10-17(16)14(18)13-7-4-6-12(2)11-13/h4,6-7,11H,3,5,8-10H2,1-2H3,(H,19,20). The predicted octanol–water partition coefficient (Wildman–Crippen LogP) is 2.85. The molecule has 1 aliphatic heterocycles. The molecule has 0 bridgehead atoms. The van der Waals surface area contributed by atoms with Crippen LogP contribution < -0.4 is 0 Å². The summed E-state index contributed by atoms with van der Waals surface area (Å²) in [6.07, 6.45) is 2.57. The first kappa shape index (κ1) is 14.6. The molecule has 1 N–H and O–H groups in total. The summed E-state index contributed by atoms with van der Waals surface area (Å²) in [6.45, 7) is 4.41. The van der Waals surface area contributed by atoms with Crippen molar-refractivity contribution in [3.8, 4) is 0 Å². The quantitative estimate of drug-likeness (QED) is 0.919. The van der Waals surface area contributed by atoms with Crippen LogP contribution in [0, 0.1) is 6.92 Å². The van der Waals surface area contributed by atoms with E-state index in [0.29, 0.717) is 24.9 Å². The minimum Gasteiger partial charge on any atom is -0.479 e. The number of carbonyl (C=O) groups excluding carboxylic acids is 1. The Labute approximate surface area is 119 Å². The number of nitrogens with zero attached hydrogens (tertiary/aromatic N) is 1. The van der Waals surface area contributed by atoms with Crippen LogP contribution in [0.25, 0.3) is 0 Å². The molecule has 0 aliphatic carbocycles. The topological polar surface area (TPSA) is 57.6 Å². The number of benzene rings is 1. The van der Waals surface area contributed by atoms with E-state index in [1.807, 2.05) is 32.0 Å². The number of carbonyl (C=O) groups is 2. The van der Waals surface area contributed by atoms with Crippen LogP contribution in [0.3, 0.4) is 0 Å². The van der Waals surface area contributed by atoms with Gasteiger partial charge in [-0.3, -0.25) is 4.79 Å². The number of hydrogen-bond acceptors (Lipinski definition) is 2. The molecule has 4 nitrogen and oxygen atoms in total. The average Bonchev–Trinajstić information content (AvgIpc) is 2.83. The fraction of sp³-hybridized carbons (Fsp3) is 0.500. The predicted molar refractivity (Wildman–Crippen MR) is 76.7 cm³/mol. The van der Waals surface area contributed by atoms with Gasteiger partial charge in [-0.25, -0.2) is 4.79 Å². The van der Waals surface area contributed by atoms with E-state index in [2.05, 4.69) is 0 Å². The Bertz CT molecular complexity index is 526. The summed E-state index contributed by atoms with van der Waals surface area (Å²) < 4.78 is 0. The normalized spacial score (nSPS) is 22.0. The maximum absolute atomic E-state index is 12.7. The monoisotopic (exact) mass is 275 g/mol. The summed E-state index contributed by atoms with van der Waals surface area (Å²) in [5.74, 6) is -1.04. The lowest BCUT2D eigenvalue weighted by Crippen LogP contribution is -2.53. The zero-order valence-corrected chi connectivity index (χ0v) is 12.1. The highest BCUT2D eigenvalue weighted by atomic mass is 16.4. The molecule has 0 aromatic heterocycles. The van der Waals surface area contributed by atoms with Gasteiger partial charge in [0.05, 0.1) is 0 Å². The summed E-state index contributed by atoms with van der Waals surface area (Å²) in [5, 5.41) is 9.62. The molecular formula is C16H21NO3. The van der Waals surface area contributed by atoms with Crippen molar-refractivity contribution in [3.05, 3.63) is 35.4 Å². The fourth-order valence-corrected chi connectivity index (χ4v) is 3.11. The smallest absolute Gasteiger partial charge is 0.329 e. The lowest BCUT2D eigenvalue weighted by atomic mass is 9.90. The Balaban J connectivity index is 2.34. The Morgan fingerprint density at radius 2 is 2.15 bits per heavy atom. The molecule has 1 fully saturated rings. The van der Waals surface area contributed by atoms with E-state index < -0.39 is 11.5 Å². The highest BCUT2D eigenvalue weighted by Crippen LogP contribution is 2.35. The van der Waals surface area contributed by atoms with Crippen LogP contribution in [0.1, 0.15) is 48.5 Å². The van der Waals surface area contributed by atoms with Gasteiger partial charge in [-0.2, -0.15) is 0 Å². The molecule has 1 aromatic rings. The van der Waals surface area contributed by atoms with E-state index in [1.165, 1.54) is 0 Å². The van der Waals surface area contributed by atoms with Crippen molar-refractivity contribution in [1.82, 2.24) is 4.90 Å². The molecule has 1 saturated heterocycles. The molecule has 1 atom stereocenters. The molecular weight excluding hydrogens is 254 g/mol. The molecule has 2 rings (SSSR count). The summed E-state index contributed by atoms with van der Waals surface area (Å²) >= 11 is 0. The van der Waals surface area contributed by atoms with E-state index in [-0.39, 0.29) is 5.91 Å². The van der Waals surface area contributed by atoms with Crippen molar-refractivity contribution < 1.29 is 14.7 Å². The highest BCUT2D eigenvalue weighted by molar-refractivity contribution is 5.98. The van der Waals surface area contributed by atoms with Crippen LogP contribution in [0.15, 0.2) is 24.3 Å². The Hall–Kier alpha value is -1.84. The Morgan fingerprint density at radius 1 is 1.40 bits per heavy atom. The molecule has 1 amide bonds. The molecule has 1 unspecified atom stereocenters. The van der Waals surface area contributed by atoms with Gasteiger partial charge in [0.1, 0.15) is 5.54 Å². The minimum absolute atomic E-state index is 0.165. The van der Waals surface area contributed by atoms with E-state index in [9.17, 15) is 14.7 Å². The average molecular weight is 275 g/mol. The molecule has 1 aliphatic rings. The third-order valence-electron chi connectivity index (χ3n) is 4.06. The third-order valence-corrected chi connectivity index (χ3v) is 4.06. The summed E-state index contributed by atoms with van der Waals surface area (Å²) in [5.41, 5.74) is 0.565. The Morgan fingerprint density at radius 3 is 2.75 bits per heavy atom. The van der Waals surface area contributed by atoms with Crippen molar-refractivity contribution in [2.75, 3.05) is 6.54 Å². The number of carboxylic acids is 1. The third kappa shape index (κ3) is 2.42. The van der Waals surface area contributed by atoms with Crippen LogP contribution >= 0.6 is 0 Å². The molecule has 0 spiro atoms.